The second-order valence-corrected chi connectivity index (χ2v) is 10.1. The molecule has 2 aliphatic heterocycles. The SMILES string of the molecule is CCOC(=O)N1C(=O)[C@@]2(c3ccc(Cl)cc31)C(c1cccc(Cl)c1)NC(=O)C[C@@H]2c1cc(F)ccc1C. The van der Waals surface area contributed by atoms with Crippen LogP contribution in [0.2, 0.25) is 10.0 Å². The fourth-order valence-corrected chi connectivity index (χ4v) is 6.05. The van der Waals surface area contributed by atoms with Gasteiger partial charge in [-0.25, -0.2) is 14.1 Å². The van der Waals surface area contributed by atoms with Gasteiger partial charge in [-0.1, -0.05) is 47.5 Å². The van der Waals surface area contributed by atoms with Crippen LogP contribution in [-0.2, 0) is 19.7 Å². The summed E-state index contributed by atoms with van der Waals surface area (Å²) >= 11 is 12.6. The number of aryl methyl sites for hydroxylation is 1. The molecule has 6 nitrogen and oxygen atoms in total. The number of carbonyl (C=O) groups excluding carboxylic acids is 3. The summed E-state index contributed by atoms with van der Waals surface area (Å²) < 4.78 is 19.8. The summed E-state index contributed by atoms with van der Waals surface area (Å²) in [6.45, 7) is 3.49. The van der Waals surface area contributed by atoms with Gasteiger partial charge in [0.1, 0.15) is 11.2 Å². The molecular weight excluding hydrogens is 518 g/mol. The maximum Gasteiger partial charge on any atom is 0.421 e. The number of halogens is 3. The highest BCUT2D eigenvalue weighted by Gasteiger charge is 2.64. The Morgan fingerprint density at radius 2 is 1.86 bits per heavy atom. The molecule has 3 aromatic rings. The van der Waals surface area contributed by atoms with Gasteiger partial charge in [-0.2, -0.15) is 0 Å². The number of hydrogen-bond donors (Lipinski definition) is 1. The molecule has 37 heavy (non-hydrogen) atoms. The number of rotatable bonds is 3. The van der Waals surface area contributed by atoms with Crippen molar-refractivity contribution in [2.24, 2.45) is 0 Å². The molecule has 2 aliphatic rings. The molecule has 0 bridgehead atoms. The lowest BCUT2D eigenvalue weighted by Crippen LogP contribution is -2.59. The second-order valence-electron chi connectivity index (χ2n) is 9.18. The lowest BCUT2D eigenvalue weighted by atomic mass is 9.59. The van der Waals surface area contributed by atoms with E-state index < -0.39 is 35.2 Å². The van der Waals surface area contributed by atoms with Gasteiger partial charge in [-0.15, -0.1) is 0 Å². The van der Waals surface area contributed by atoms with Gasteiger partial charge in [0, 0.05) is 22.4 Å². The van der Waals surface area contributed by atoms with Gasteiger partial charge in [0.15, 0.2) is 0 Å². The molecule has 0 aliphatic carbocycles. The Hall–Kier alpha value is -3.42. The monoisotopic (exact) mass is 540 g/mol. The third-order valence-corrected chi connectivity index (χ3v) is 7.62. The van der Waals surface area contributed by atoms with E-state index in [1.165, 1.54) is 18.2 Å². The first-order valence-electron chi connectivity index (χ1n) is 11.8. The van der Waals surface area contributed by atoms with Gasteiger partial charge < -0.3 is 10.1 Å². The fraction of sp³-hybridized carbons (Fsp3) is 0.250. The molecule has 5 rings (SSSR count). The van der Waals surface area contributed by atoms with E-state index in [9.17, 15) is 18.8 Å². The van der Waals surface area contributed by atoms with Crippen LogP contribution < -0.4 is 10.2 Å². The van der Waals surface area contributed by atoms with Crippen molar-refractivity contribution in [3.8, 4) is 0 Å². The topological polar surface area (TPSA) is 75.7 Å². The molecule has 0 radical (unpaired) electrons. The number of nitrogens with one attached hydrogen (secondary N) is 1. The molecule has 1 fully saturated rings. The second kappa shape index (κ2) is 9.47. The number of nitrogens with zero attached hydrogens (tertiary/aromatic N) is 1. The van der Waals surface area contributed by atoms with Crippen molar-refractivity contribution in [3.63, 3.8) is 0 Å². The quantitative estimate of drug-likeness (QED) is 0.427. The number of piperidine rings is 1. The molecule has 1 unspecified atom stereocenters. The van der Waals surface area contributed by atoms with Crippen LogP contribution in [0.5, 0.6) is 0 Å². The van der Waals surface area contributed by atoms with E-state index in [4.69, 9.17) is 27.9 Å². The Morgan fingerprint density at radius 3 is 2.59 bits per heavy atom. The Bertz CT molecular complexity index is 1450. The van der Waals surface area contributed by atoms with Crippen LogP contribution in [-0.4, -0.2) is 24.5 Å². The van der Waals surface area contributed by atoms with E-state index in [1.54, 1.807) is 56.3 Å². The maximum atomic E-state index is 14.6. The molecule has 2 heterocycles. The van der Waals surface area contributed by atoms with E-state index in [2.05, 4.69) is 5.32 Å². The standard InChI is InChI=1S/C28H23Cl2FN2O4/c1-3-37-27(36)33-23-12-18(30)8-10-21(23)28(26(33)35)22(20-13-19(31)9-7-15(20)2)14-24(34)32-25(28)16-5-4-6-17(29)11-16/h4-13,22,25H,3,14H2,1-2H3,(H,32,34)/t22-,25?,28-/m1/s1. The lowest BCUT2D eigenvalue weighted by molar-refractivity contribution is -0.132. The summed E-state index contributed by atoms with van der Waals surface area (Å²) in [6.07, 6.45) is -0.962. The van der Waals surface area contributed by atoms with Crippen LogP contribution in [0.4, 0.5) is 14.9 Å². The molecule has 9 heteroatoms. The van der Waals surface area contributed by atoms with E-state index in [0.717, 1.165) is 4.90 Å². The van der Waals surface area contributed by atoms with Crippen molar-refractivity contribution in [2.45, 2.75) is 37.6 Å². The highest BCUT2D eigenvalue weighted by atomic mass is 35.5. The average molecular weight is 541 g/mol. The minimum Gasteiger partial charge on any atom is -0.449 e. The zero-order valence-corrected chi connectivity index (χ0v) is 21.6. The minimum absolute atomic E-state index is 0.0480. The third kappa shape index (κ3) is 3.97. The minimum atomic E-state index is -1.52. The number of carbonyl (C=O) groups is 3. The van der Waals surface area contributed by atoms with Crippen molar-refractivity contribution in [3.05, 3.63) is 98.8 Å². The summed E-state index contributed by atoms with van der Waals surface area (Å²) in [6, 6.07) is 15.1. The van der Waals surface area contributed by atoms with Crippen molar-refractivity contribution >= 4 is 46.8 Å². The average Bonchev–Trinajstić information content (AvgIpc) is 3.10. The van der Waals surface area contributed by atoms with Crippen molar-refractivity contribution < 1.29 is 23.5 Å². The van der Waals surface area contributed by atoms with Crippen LogP contribution in [0.15, 0.2) is 60.7 Å². The Morgan fingerprint density at radius 1 is 1.11 bits per heavy atom. The molecule has 0 saturated carbocycles. The molecule has 3 amide bonds. The molecule has 1 saturated heterocycles. The highest BCUT2D eigenvalue weighted by molar-refractivity contribution is 6.32. The van der Waals surface area contributed by atoms with Gasteiger partial charge in [0.2, 0.25) is 11.8 Å². The zero-order chi connectivity index (χ0) is 26.5. The fourth-order valence-electron chi connectivity index (χ4n) is 5.69. The van der Waals surface area contributed by atoms with Gasteiger partial charge >= 0.3 is 6.09 Å². The summed E-state index contributed by atoms with van der Waals surface area (Å²) in [5.74, 6) is -2.22. The number of anilines is 1. The molecule has 3 atom stereocenters. The summed E-state index contributed by atoms with van der Waals surface area (Å²) in [7, 11) is 0. The number of benzene rings is 3. The maximum absolute atomic E-state index is 14.6. The lowest BCUT2D eigenvalue weighted by Gasteiger charge is -2.47. The van der Waals surface area contributed by atoms with Crippen LogP contribution in [0.3, 0.4) is 0 Å². The molecule has 190 valence electrons. The van der Waals surface area contributed by atoms with Gasteiger partial charge in [-0.05, 0) is 72.5 Å². The Balaban J connectivity index is 1.87. The van der Waals surface area contributed by atoms with E-state index in [-0.39, 0.29) is 24.6 Å². The third-order valence-electron chi connectivity index (χ3n) is 7.15. The molecule has 1 spiro atoms. The van der Waals surface area contributed by atoms with Crippen molar-refractivity contribution in [2.75, 3.05) is 11.5 Å². The zero-order valence-electron chi connectivity index (χ0n) is 20.1. The number of amides is 3. The first-order valence-corrected chi connectivity index (χ1v) is 12.6. The largest absolute Gasteiger partial charge is 0.449 e. The molecule has 3 aromatic carbocycles. The Kier molecular flexibility index (Phi) is 6.46. The van der Waals surface area contributed by atoms with Crippen molar-refractivity contribution in [1.82, 2.24) is 5.32 Å². The predicted molar refractivity (Wildman–Crippen MR) is 138 cm³/mol. The van der Waals surface area contributed by atoms with Gasteiger partial charge in [0.05, 0.1) is 18.3 Å². The summed E-state index contributed by atoms with van der Waals surface area (Å²) in [5.41, 5.74) is 1.00. The Labute approximate surface area is 223 Å². The molecular formula is C28H23Cl2FN2O4. The van der Waals surface area contributed by atoms with Crippen LogP contribution in [0.25, 0.3) is 0 Å². The normalized spacial score (nSPS) is 22.7. The van der Waals surface area contributed by atoms with Crippen molar-refractivity contribution in [1.29, 1.82) is 0 Å². The number of hydrogen-bond acceptors (Lipinski definition) is 4. The highest BCUT2D eigenvalue weighted by Crippen LogP contribution is 2.59. The van der Waals surface area contributed by atoms with E-state index in [1.807, 2.05) is 0 Å². The van der Waals surface area contributed by atoms with Crippen LogP contribution in [0, 0.1) is 12.7 Å². The predicted octanol–water partition coefficient (Wildman–Crippen LogP) is 6.23. The van der Waals surface area contributed by atoms with Gasteiger partial charge in [-0.3, -0.25) is 9.59 Å². The van der Waals surface area contributed by atoms with Crippen LogP contribution in [0.1, 0.15) is 47.6 Å². The first kappa shape index (κ1) is 25.2. The summed E-state index contributed by atoms with van der Waals surface area (Å²) in [4.78, 5) is 41.9. The number of fused-ring (bicyclic) bond motifs is 2. The van der Waals surface area contributed by atoms with E-state index in [0.29, 0.717) is 32.3 Å². The first-order chi connectivity index (χ1) is 17.7. The number of imide groups is 1. The molecule has 0 aromatic heterocycles. The summed E-state index contributed by atoms with van der Waals surface area (Å²) in [5, 5.41) is 3.71. The number of ether oxygens (including phenoxy) is 1. The smallest absolute Gasteiger partial charge is 0.421 e. The van der Waals surface area contributed by atoms with Crippen LogP contribution >= 0.6 is 23.2 Å². The van der Waals surface area contributed by atoms with E-state index >= 15 is 0 Å². The van der Waals surface area contributed by atoms with Gasteiger partial charge in [0.25, 0.3) is 0 Å². The molecule has 1 N–H and O–H groups in total.